The predicted molar refractivity (Wildman–Crippen MR) is 108 cm³/mol. The molecule has 1 aliphatic heterocycles. The second-order valence-electron chi connectivity index (χ2n) is 6.60. The van der Waals surface area contributed by atoms with Crippen molar-refractivity contribution in [3.8, 4) is 0 Å². The summed E-state index contributed by atoms with van der Waals surface area (Å²) in [5.41, 5.74) is 1.86. The largest absolute Gasteiger partial charge is 0.369 e. The van der Waals surface area contributed by atoms with E-state index in [1.165, 1.54) is 0 Å². The average molecular weight is 434 g/mol. The van der Waals surface area contributed by atoms with Gasteiger partial charge < -0.3 is 14.8 Å². The molecule has 2 heterocycles. The summed E-state index contributed by atoms with van der Waals surface area (Å²) in [5, 5.41) is 0.697. The zero-order valence-electron chi connectivity index (χ0n) is 14.4. The Bertz CT molecular complexity index is 1040. The third-order valence-electron chi connectivity index (χ3n) is 4.93. The van der Waals surface area contributed by atoms with Crippen molar-refractivity contribution >= 4 is 42.4 Å². The molecule has 1 saturated heterocycles. The molecular weight excluding hydrogens is 414 g/mol. The highest BCUT2D eigenvalue weighted by Gasteiger charge is 2.23. The van der Waals surface area contributed by atoms with Gasteiger partial charge in [-0.2, -0.15) is 0 Å². The Labute approximate surface area is 161 Å². The van der Waals surface area contributed by atoms with Crippen LogP contribution in [-0.2, 0) is 9.84 Å². The first-order valence-electron chi connectivity index (χ1n) is 8.51. The number of hydrogen-bond donors (Lipinski definition) is 1. The van der Waals surface area contributed by atoms with Gasteiger partial charge in [0.15, 0.2) is 0 Å². The van der Waals surface area contributed by atoms with Gasteiger partial charge >= 0.3 is 0 Å². The molecule has 1 aliphatic rings. The van der Waals surface area contributed by atoms with Gasteiger partial charge in [-0.05, 0) is 53.3 Å². The highest BCUT2D eigenvalue weighted by molar-refractivity contribution is 9.10. The zero-order chi connectivity index (χ0) is 18.3. The van der Waals surface area contributed by atoms with E-state index in [1.54, 1.807) is 18.3 Å². The maximum atomic E-state index is 13.1. The molecule has 0 atom stereocenters. The van der Waals surface area contributed by atoms with Crippen LogP contribution in [0.2, 0.25) is 0 Å². The lowest BCUT2D eigenvalue weighted by Gasteiger charge is -2.34. The first-order valence-corrected chi connectivity index (χ1v) is 10.8. The highest BCUT2D eigenvalue weighted by atomic mass is 79.9. The van der Waals surface area contributed by atoms with Crippen LogP contribution in [0.15, 0.2) is 62.9 Å². The number of H-pyrrole nitrogens is 1. The van der Waals surface area contributed by atoms with E-state index in [0.717, 1.165) is 41.9 Å². The number of fused-ring (bicyclic) bond motifs is 1. The Morgan fingerprint density at radius 1 is 1.00 bits per heavy atom. The van der Waals surface area contributed by atoms with E-state index in [0.29, 0.717) is 15.2 Å². The third kappa shape index (κ3) is 3.04. The Kier molecular flexibility index (Phi) is 4.54. The summed E-state index contributed by atoms with van der Waals surface area (Å²) < 4.78 is 27.0. The Morgan fingerprint density at radius 3 is 2.38 bits per heavy atom. The van der Waals surface area contributed by atoms with Crippen molar-refractivity contribution in [1.29, 1.82) is 0 Å². The Hall–Kier alpha value is -1.83. The molecule has 2 aromatic carbocycles. The maximum absolute atomic E-state index is 13.1. The molecule has 26 heavy (non-hydrogen) atoms. The number of para-hydroxylation sites is 1. The number of likely N-dealkylation sites (N-methyl/N-ethyl adjacent to an activating group) is 1. The number of anilines is 1. The quantitative estimate of drug-likeness (QED) is 0.686. The summed E-state index contributed by atoms with van der Waals surface area (Å²) in [5.74, 6) is 0. The van der Waals surface area contributed by atoms with Crippen LogP contribution in [0.25, 0.3) is 10.9 Å². The predicted octanol–water partition coefficient (Wildman–Crippen LogP) is 3.52. The lowest BCUT2D eigenvalue weighted by atomic mass is 10.2. The lowest BCUT2D eigenvalue weighted by Crippen LogP contribution is -2.44. The number of rotatable bonds is 3. The zero-order valence-corrected chi connectivity index (χ0v) is 16.8. The summed E-state index contributed by atoms with van der Waals surface area (Å²) in [6, 6.07) is 12.8. The van der Waals surface area contributed by atoms with Crippen molar-refractivity contribution in [1.82, 2.24) is 9.88 Å². The summed E-state index contributed by atoms with van der Waals surface area (Å²) >= 11 is 3.46. The Morgan fingerprint density at radius 2 is 1.69 bits per heavy atom. The standard InChI is InChI=1S/C19H20BrN3O2S/c1-22-9-11-23(12-10-22)14-5-7-15(8-6-14)26(24,25)18-13-21-19-16(18)3-2-4-17(19)20/h2-8,13,21H,9-12H2,1H3. The van der Waals surface area contributed by atoms with Crippen molar-refractivity contribution in [3.05, 3.63) is 53.1 Å². The fourth-order valence-electron chi connectivity index (χ4n) is 3.34. The number of hydrogen-bond acceptors (Lipinski definition) is 4. The normalized spacial score (nSPS) is 16.3. The van der Waals surface area contributed by atoms with Gasteiger partial charge in [-0.3, -0.25) is 0 Å². The highest BCUT2D eigenvalue weighted by Crippen LogP contribution is 2.32. The number of halogens is 1. The van der Waals surface area contributed by atoms with Crippen molar-refractivity contribution < 1.29 is 8.42 Å². The number of nitrogens with zero attached hydrogens (tertiary/aromatic N) is 2. The molecule has 1 aromatic heterocycles. The van der Waals surface area contributed by atoms with E-state index in [1.807, 2.05) is 30.3 Å². The molecule has 0 unspecified atom stereocenters. The summed E-state index contributed by atoms with van der Waals surface area (Å²) in [6.07, 6.45) is 1.57. The molecular formula is C19H20BrN3O2S. The van der Waals surface area contributed by atoms with Gasteiger partial charge in [-0.15, -0.1) is 0 Å². The molecule has 1 fully saturated rings. The summed E-state index contributed by atoms with van der Waals surface area (Å²) in [7, 11) is -1.46. The van der Waals surface area contributed by atoms with Gasteiger partial charge in [0.05, 0.1) is 15.3 Å². The number of aromatic nitrogens is 1. The molecule has 3 aromatic rings. The first kappa shape index (κ1) is 17.6. The molecule has 0 saturated carbocycles. The molecule has 0 aliphatic carbocycles. The van der Waals surface area contributed by atoms with Gasteiger partial charge in [-0.25, -0.2) is 8.42 Å². The van der Waals surface area contributed by atoms with Gasteiger partial charge in [0.1, 0.15) is 0 Å². The number of aromatic amines is 1. The summed E-state index contributed by atoms with van der Waals surface area (Å²) in [6.45, 7) is 3.95. The molecule has 7 heteroatoms. The summed E-state index contributed by atoms with van der Waals surface area (Å²) in [4.78, 5) is 8.27. The first-order chi connectivity index (χ1) is 12.5. The molecule has 5 nitrogen and oxygen atoms in total. The minimum Gasteiger partial charge on any atom is -0.369 e. The molecule has 136 valence electrons. The van der Waals surface area contributed by atoms with Gasteiger partial charge in [-0.1, -0.05) is 12.1 Å². The molecule has 4 rings (SSSR count). The molecule has 1 N–H and O–H groups in total. The van der Waals surface area contributed by atoms with Gasteiger partial charge in [0.25, 0.3) is 0 Å². The second kappa shape index (κ2) is 6.72. The second-order valence-corrected chi connectivity index (χ2v) is 9.38. The van der Waals surface area contributed by atoms with Crippen molar-refractivity contribution in [2.24, 2.45) is 0 Å². The van der Waals surface area contributed by atoms with E-state index in [-0.39, 0.29) is 0 Å². The SMILES string of the molecule is CN1CCN(c2ccc(S(=O)(=O)c3c[nH]c4c(Br)cccc34)cc2)CC1. The molecule has 0 amide bonds. The van der Waals surface area contributed by atoms with Crippen LogP contribution in [0, 0.1) is 0 Å². The minimum absolute atomic E-state index is 0.307. The number of benzene rings is 2. The fourth-order valence-corrected chi connectivity index (χ4v) is 5.24. The Balaban J connectivity index is 1.67. The van der Waals surface area contributed by atoms with Crippen molar-refractivity contribution in [2.45, 2.75) is 9.79 Å². The number of nitrogens with one attached hydrogen (secondary N) is 1. The maximum Gasteiger partial charge on any atom is 0.208 e. The van der Waals surface area contributed by atoms with Crippen LogP contribution in [-0.4, -0.2) is 51.5 Å². The van der Waals surface area contributed by atoms with Gasteiger partial charge in [0, 0.05) is 47.9 Å². The smallest absolute Gasteiger partial charge is 0.208 e. The monoisotopic (exact) mass is 433 g/mol. The van der Waals surface area contributed by atoms with E-state index >= 15 is 0 Å². The van der Waals surface area contributed by atoms with Gasteiger partial charge in [0.2, 0.25) is 9.84 Å². The molecule has 0 radical (unpaired) electrons. The van der Waals surface area contributed by atoms with E-state index in [4.69, 9.17) is 0 Å². The van der Waals surface area contributed by atoms with Crippen LogP contribution >= 0.6 is 15.9 Å². The van der Waals surface area contributed by atoms with Crippen molar-refractivity contribution in [3.63, 3.8) is 0 Å². The topological polar surface area (TPSA) is 56.4 Å². The number of sulfone groups is 1. The van der Waals surface area contributed by atoms with Crippen LogP contribution in [0.4, 0.5) is 5.69 Å². The average Bonchev–Trinajstić information content (AvgIpc) is 3.09. The van der Waals surface area contributed by atoms with E-state index in [2.05, 4.69) is 37.8 Å². The fraction of sp³-hybridized carbons (Fsp3) is 0.263. The molecule has 0 spiro atoms. The van der Waals surface area contributed by atoms with Crippen LogP contribution in [0.3, 0.4) is 0 Å². The third-order valence-corrected chi connectivity index (χ3v) is 7.40. The van der Waals surface area contributed by atoms with Crippen LogP contribution in [0.1, 0.15) is 0 Å². The molecule has 0 bridgehead atoms. The van der Waals surface area contributed by atoms with E-state index in [9.17, 15) is 8.42 Å². The van der Waals surface area contributed by atoms with Crippen LogP contribution < -0.4 is 4.90 Å². The minimum atomic E-state index is -3.57. The lowest BCUT2D eigenvalue weighted by molar-refractivity contribution is 0.313. The van der Waals surface area contributed by atoms with E-state index < -0.39 is 9.84 Å². The van der Waals surface area contributed by atoms with Crippen LogP contribution in [0.5, 0.6) is 0 Å². The van der Waals surface area contributed by atoms with Crippen molar-refractivity contribution in [2.75, 3.05) is 38.1 Å². The number of piperazine rings is 1.